The summed E-state index contributed by atoms with van der Waals surface area (Å²) >= 11 is 0. The Kier molecular flexibility index (Phi) is 10.2. The van der Waals surface area contributed by atoms with Gasteiger partial charge >= 0.3 is 0 Å². The summed E-state index contributed by atoms with van der Waals surface area (Å²) in [7, 11) is 0. The Balaban J connectivity index is 0.00000450. The molecule has 7 nitrogen and oxygen atoms in total. The van der Waals surface area contributed by atoms with Gasteiger partial charge in [-0.25, -0.2) is 5.48 Å². The van der Waals surface area contributed by atoms with E-state index in [1.165, 1.54) is 5.48 Å². The fraction of sp³-hybridized carbons (Fsp3) is 0.217. The van der Waals surface area contributed by atoms with Crippen molar-refractivity contribution in [1.82, 2.24) is 10.8 Å². The zero-order chi connectivity index (χ0) is 21.1. The predicted octanol–water partition coefficient (Wildman–Crippen LogP) is 1.72. The van der Waals surface area contributed by atoms with Crippen molar-refractivity contribution >= 4 is 17.5 Å². The molecule has 6 N–H and O–H groups in total. The summed E-state index contributed by atoms with van der Waals surface area (Å²) < 4.78 is 0. The van der Waals surface area contributed by atoms with Gasteiger partial charge in [0, 0.05) is 35.5 Å². The van der Waals surface area contributed by atoms with Gasteiger partial charge in [0.15, 0.2) is 0 Å². The molecule has 2 rings (SSSR count). The van der Waals surface area contributed by atoms with Gasteiger partial charge in [-0.3, -0.25) is 14.8 Å². The molecular weight excluding hydrogens is 380 g/mol. The molecule has 2 aromatic carbocycles. The molecule has 0 unspecified atom stereocenters. The van der Waals surface area contributed by atoms with Gasteiger partial charge in [0.25, 0.3) is 11.8 Å². The van der Waals surface area contributed by atoms with Crippen LogP contribution in [0.4, 0.5) is 5.69 Å². The van der Waals surface area contributed by atoms with E-state index >= 15 is 0 Å². The van der Waals surface area contributed by atoms with Crippen LogP contribution in [0.25, 0.3) is 0 Å². The highest BCUT2D eigenvalue weighted by Crippen LogP contribution is 2.09. The highest BCUT2D eigenvalue weighted by Gasteiger charge is 2.19. The van der Waals surface area contributed by atoms with Gasteiger partial charge in [0.2, 0.25) is 0 Å². The van der Waals surface area contributed by atoms with Crippen LogP contribution in [0.1, 0.15) is 35.8 Å². The normalized spacial score (nSPS) is 10.1. The van der Waals surface area contributed by atoms with Crippen LogP contribution in [0.2, 0.25) is 0 Å². The summed E-state index contributed by atoms with van der Waals surface area (Å²) in [6, 6.07) is 13.3. The number of carbonyl (C=O) groups excluding carboxylic acids is 2. The molecule has 0 fully saturated rings. The molecule has 0 aliphatic carbocycles. The molecule has 1 atom stereocenters. The van der Waals surface area contributed by atoms with E-state index in [9.17, 15) is 9.59 Å². The molecule has 2 aromatic rings. The van der Waals surface area contributed by atoms with Crippen LogP contribution in [0.3, 0.4) is 0 Å². The standard InChI is InChI=1S/C22H22N4O3.CH4/c1-2-24-19-9-5-8-17(14-19)7-4-3-6-16-10-12-18(13-11-16)21(27)25-20(15-23)22(28)26-29;/h5,8-14,20,24,29H,2,15,23H2,1H3,(H,25,27)(H,26,28);1H4/t20-;/m0./s1. The van der Waals surface area contributed by atoms with E-state index in [4.69, 9.17) is 10.9 Å². The van der Waals surface area contributed by atoms with Crippen molar-refractivity contribution in [3.05, 3.63) is 65.2 Å². The van der Waals surface area contributed by atoms with E-state index in [0.29, 0.717) is 11.1 Å². The van der Waals surface area contributed by atoms with Crippen LogP contribution < -0.4 is 21.8 Å². The molecule has 0 aliphatic heterocycles. The summed E-state index contributed by atoms with van der Waals surface area (Å²) in [5.74, 6) is 10.2. The molecular formula is C23H26N4O3. The van der Waals surface area contributed by atoms with Gasteiger partial charge < -0.3 is 16.4 Å². The molecule has 7 heteroatoms. The van der Waals surface area contributed by atoms with E-state index in [1.54, 1.807) is 24.3 Å². The van der Waals surface area contributed by atoms with Crippen LogP contribution in [0, 0.1) is 23.7 Å². The Morgan fingerprint density at radius 1 is 1.07 bits per heavy atom. The zero-order valence-electron chi connectivity index (χ0n) is 16.0. The minimum atomic E-state index is -1.02. The van der Waals surface area contributed by atoms with Crippen LogP contribution in [-0.4, -0.2) is 36.2 Å². The van der Waals surface area contributed by atoms with Crippen molar-refractivity contribution in [2.45, 2.75) is 20.4 Å². The average Bonchev–Trinajstić information content (AvgIpc) is 2.75. The molecule has 0 aliphatic rings. The van der Waals surface area contributed by atoms with Crippen LogP contribution in [-0.2, 0) is 4.79 Å². The lowest BCUT2D eigenvalue weighted by Gasteiger charge is -2.14. The molecule has 0 bridgehead atoms. The summed E-state index contributed by atoms with van der Waals surface area (Å²) in [4.78, 5) is 23.5. The smallest absolute Gasteiger partial charge is 0.267 e. The minimum absolute atomic E-state index is 0. The number of hydroxylamine groups is 1. The van der Waals surface area contributed by atoms with E-state index in [-0.39, 0.29) is 14.0 Å². The number of nitrogens with two attached hydrogens (primary N) is 1. The van der Waals surface area contributed by atoms with Crippen LogP contribution >= 0.6 is 0 Å². The topological polar surface area (TPSA) is 116 Å². The molecule has 0 saturated heterocycles. The number of nitrogens with one attached hydrogen (secondary N) is 3. The van der Waals surface area contributed by atoms with Crippen molar-refractivity contribution in [1.29, 1.82) is 0 Å². The second-order valence-electron chi connectivity index (χ2n) is 5.93. The lowest BCUT2D eigenvalue weighted by atomic mass is 10.1. The Morgan fingerprint density at radius 3 is 2.33 bits per heavy atom. The van der Waals surface area contributed by atoms with Crippen molar-refractivity contribution in [2.75, 3.05) is 18.4 Å². The van der Waals surface area contributed by atoms with E-state index in [1.807, 2.05) is 31.2 Å². The highest BCUT2D eigenvalue weighted by atomic mass is 16.5. The second-order valence-corrected chi connectivity index (χ2v) is 5.93. The first kappa shape index (κ1) is 24.3. The maximum absolute atomic E-state index is 12.1. The van der Waals surface area contributed by atoms with Gasteiger partial charge in [0.1, 0.15) is 6.04 Å². The lowest BCUT2D eigenvalue weighted by Crippen LogP contribution is -2.50. The van der Waals surface area contributed by atoms with Crippen LogP contribution in [0.5, 0.6) is 0 Å². The van der Waals surface area contributed by atoms with Crippen LogP contribution in [0.15, 0.2) is 48.5 Å². The van der Waals surface area contributed by atoms with Gasteiger partial charge in [-0.05, 0) is 61.2 Å². The summed E-state index contributed by atoms with van der Waals surface area (Å²) in [5.41, 5.74) is 9.78. The third-order valence-electron chi connectivity index (χ3n) is 3.83. The lowest BCUT2D eigenvalue weighted by molar-refractivity contribution is -0.130. The summed E-state index contributed by atoms with van der Waals surface area (Å²) in [6.07, 6.45) is 0. The number of carbonyl (C=O) groups is 2. The minimum Gasteiger partial charge on any atom is -0.385 e. The molecule has 0 radical (unpaired) electrons. The highest BCUT2D eigenvalue weighted by molar-refractivity contribution is 5.97. The van der Waals surface area contributed by atoms with Gasteiger partial charge in [-0.2, -0.15) is 0 Å². The SMILES string of the molecule is C.CCNc1cccc(C#CC#Cc2ccc(C(=O)N[C@@H](CN)C(=O)NO)cc2)c1. The Bertz CT molecular complexity index is 979. The predicted molar refractivity (Wildman–Crippen MR) is 118 cm³/mol. The molecule has 0 aromatic heterocycles. The number of hydrogen-bond acceptors (Lipinski definition) is 5. The fourth-order valence-electron chi connectivity index (χ4n) is 2.37. The monoisotopic (exact) mass is 406 g/mol. The van der Waals surface area contributed by atoms with Crippen molar-refractivity contribution in [2.24, 2.45) is 5.73 Å². The third kappa shape index (κ3) is 7.33. The van der Waals surface area contributed by atoms with Gasteiger partial charge in [0.05, 0.1) is 0 Å². The van der Waals surface area contributed by atoms with E-state index in [0.717, 1.165) is 17.8 Å². The molecule has 30 heavy (non-hydrogen) atoms. The summed E-state index contributed by atoms with van der Waals surface area (Å²) in [5, 5.41) is 14.3. The second kappa shape index (κ2) is 12.6. The maximum atomic E-state index is 12.1. The molecule has 2 amide bonds. The van der Waals surface area contributed by atoms with Crippen molar-refractivity contribution < 1.29 is 14.8 Å². The zero-order valence-corrected chi connectivity index (χ0v) is 16.0. The quantitative estimate of drug-likeness (QED) is 0.285. The molecule has 0 saturated carbocycles. The first-order chi connectivity index (χ1) is 14.1. The van der Waals surface area contributed by atoms with E-state index < -0.39 is 17.9 Å². The third-order valence-corrected chi connectivity index (χ3v) is 3.83. The maximum Gasteiger partial charge on any atom is 0.267 e. The molecule has 156 valence electrons. The van der Waals surface area contributed by atoms with Gasteiger partial charge in [-0.15, -0.1) is 0 Å². The van der Waals surface area contributed by atoms with Crippen molar-refractivity contribution in [3.8, 4) is 23.7 Å². The van der Waals surface area contributed by atoms with Gasteiger partial charge in [-0.1, -0.05) is 25.3 Å². The Morgan fingerprint density at radius 2 is 1.73 bits per heavy atom. The fourth-order valence-corrected chi connectivity index (χ4v) is 2.37. The number of rotatable bonds is 6. The molecule has 0 spiro atoms. The largest absolute Gasteiger partial charge is 0.385 e. The molecule has 0 heterocycles. The van der Waals surface area contributed by atoms with E-state index in [2.05, 4.69) is 34.3 Å². The average molecular weight is 406 g/mol. The van der Waals surface area contributed by atoms with Crippen molar-refractivity contribution in [3.63, 3.8) is 0 Å². The Labute approximate surface area is 177 Å². The number of amides is 2. The number of anilines is 1. The Hall–Kier alpha value is -3.78. The first-order valence-electron chi connectivity index (χ1n) is 8.98. The number of hydrogen-bond donors (Lipinski definition) is 5. The first-order valence-corrected chi connectivity index (χ1v) is 8.98. The summed E-state index contributed by atoms with van der Waals surface area (Å²) in [6.45, 7) is 2.73. The number of benzene rings is 2.